The Morgan fingerprint density at radius 2 is 1.78 bits per heavy atom. The molecule has 0 spiro atoms. The summed E-state index contributed by atoms with van der Waals surface area (Å²) in [5.41, 5.74) is 5.40. The topological polar surface area (TPSA) is 46.2 Å². The predicted octanol–water partition coefficient (Wildman–Crippen LogP) is 4.69. The average Bonchev–Trinajstić information content (AvgIpc) is 3.31. The summed E-state index contributed by atoms with van der Waals surface area (Å²) in [5.74, 6) is 0.414. The molecule has 1 N–H and O–H groups in total. The van der Waals surface area contributed by atoms with Gasteiger partial charge in [-0.3, -0.25) is 4.72 Å². The molecule has 0 heterocycles. The smallest absolute Gasteiger partial charge is 0.235 e. The molecule has 3 rings (SSSR count). The van der Waals surface area contributed by atoms with Crippen LogP contribution in [0.2, 0.25) is 0 Å². The van der Waals surface area contributed by atoms with Crippen LogP contribution < -0.4 is 4.72 Å². The minimum absolute atomic E-state index is 0.212. The minimum Gasteiger partial charge on any atom is -0.283 e. The summed E-state index contributed by atoms with van der Waals surface area (Å²) >= 11 is 0. The quantitative estimate of drug-likeness (QED) is 0.865. The number of rotatable bonds is 5. The Balaban J connectivity index is 2.01. The SMILES string of the molecule is Cc1cccc(C(C)C)c1-c1cccc(NS(=O)(=O)C2CC2)c1. The maximum absolute atomic E-state index is 12.1. The Labute approximate surface area is 138 Å². The number of nitrogens with one attached hydrogen (secondary N) is 1. The summed E-state index contributed by atoms with van der Waals surface area (Å²) in [4.78, 5) is 0. The van der Waals surface area contributed by atoms with E-state index in [2.05, 4.69) is 43.7 Å². The molecule has 0 saturated heterocycles. The number of aryl methyl sites for hydroxylation is 1. The zero-order valence-electron chi connectivity index (χ0n) is 13.8. The first-order chi connectivity index (χ1) is 10.9. The van der Waals surface area contributed by atoms with Crippen LogP contribution in [0.3, 0.4) is 0 Å². The molecule has 0 unspecified atom stereocenters. The summed E-state index contributed by atoms with van der Waals surface area (Å²) in [6.45, 7) is 6.46. The van der Waals surface area contributed by atoms with Crippen LogP contribution >= 0.6 is 0 Å². The molecule has 2 aromatic rings. The molecule has 23 heavy (non-hydrogen) atoms. The van der Waals surface area contributed by atoms with Gasteiger partial charge in [-0.15, -0.1) is 0 Å². The third-order valence-electron chi connectivity index (χ3n) is 4.30. The van der Waals surface area contributed by atoms with E-state index in [-0.39, 0.29) is 5.25 Å². The van der Waals surface area contributed by atoms with Gasteiger partial charge in [0.15, 0.2) is 0 Å². The lowest BCUT2D eigenvalue weighted by Crippen LogP contribution is -2.17. The van der Waals surface area contributed by atoms with Gasteiger partial charge in [-0.2, -0.15) is 0 Å². The van der Waals surface area contributed by atoms with Crippen LogP contribution in [0.4, 0.5) is 5.69 Å². The Bertz CT molecular complexity index is 821. The first-order valence-corrected chi connectivity index (χ1v) is 9.64. The molecule has 122 valence electrons. The summed E-state index contributed by atoms with van der Waals surface area (Å²) in [6.07, 6.45) is 1.54. The Hall–Kier alpha value is -1.81. The molecule has 2 aromatic carbocycles. The molecule has 1 aliphatic rings. The fourth-order valence-electron chi connectivity index (χ4n) is 2.93. The van der Waals surface area contributed by atoms with E-state index in [0.29, 0.717) is 11.6 Å². The maximum atomic E-state index is 12.1. The van der Waals surface area contributed by atoms with Crippen LogP contribution in [0.5, 0.6) is 0 Å². The first-order valence-electron chi connectivity index (χ1n) is 8.10. The van der Waals surface area contributed by atoms with Crippen LogP contribution in [-0.4, -0.2) is 13.7 Å². The van der Waals surface area contributed by atoms with Gasteiger partial charge in [-0.25, -0.2) is 8.42 Å². The monoisotopic (exact) mass is 329 g/mol. The van der Waals surface area contributed by atoms with E-state index in [9.17, 15) is 8.42 Å². The molecular formula is C19H23NO2S. The van der Waals surface area contributed by atoms with Gasteiger partial charge in [0.1, 0.15) is 0 Å². The van der Waals surface area contributed by atoms with Crippen molar-refractivity contribution in [3.63, 3.8) is 0 Å². The Kier molecular flexibility index (Phi) is 4.19. The summed E-state index contributed by atoms with van der Waals surface area (Å²) in [7, 11) is -3.23. The van der Waals surface area contributed by atoms with Gasteiger partial charge in [0, 0.05) is 5.69 Å². The highest BCUT2D eigenvalue weighted by Gasteiger charge is 2.35. The zero-order chi connectivity index (χ0) is 16.6. The number of hydrogen-bond donors (Lipinski definition) is 1. The van der Waals surface area contributed by atoms with Crippen LogP contribution in [-0.2, 0) is 10.0 Å². The second kappa shape index (κ2) is 6.00. The van der Waals surface area contributed by atoms with E-state index >= 15 is 0 Å². The Morgan fingerprint density at radius 3 is 2.43 bits per heavy atom. The van der Waals surface area contributed by atoms with E-state index < -0.39 is 10.0 Å². The molecule has 0 amide bonds. The molecule has 1 fully saturated rings. The van der Waals surface area contributed by atoms with E-state index in [1.165, 1.54) is 16.7 Å². The van der Waals surface area contributed by atoms with E-state index in [1.807, 2.05) is 24.3 Å². The van der Waals surface area contributed by atoms with E-state index in [1.54, 1.807) is 0 Å². The summed E-state index contributed by atoms with van der Waals surface area (Å²) in [6, 6.07) is 14.0. The van der Waals surface area contributed by atoms with Crippen LogP contribution in [0.1, 0.15) is 43.7 Å². The van der Waals surface area contributed by atoms with Gasteiger partial charge in [0.2, 0.25) is 10.0 Å². The second-order valence-corrected chi connectivity index (χ2v) is 8.58. The molecular weight excluding hydrogens is 306 g/mol. The molecule has 0 atom stereocenters. The van der Waals surface area contributed by atoms with Crippen LogP contribution in [0, 0.1) is 6.92 Å². The molecule has 3 nitrogen and oxygen atoms in total. The molecule has 0 radical (unpaired) electrons. The fourth-order valence-corrected chi connectivity index (χ4v) is 4.31. The highest BCUT2D eigenvalue weighted by molar-refractivity contribution is 7.93. The van der Waals surface area contributed by atoms with Crippen molar-refractivity contribution in [2.24, 2.45) is 0 Å². The normalized spacial score (nSPS) is 15.0. The highest BCUT2D eigenvalue weighted by Crippen LogP contribution is 2.34. The standard InChI is InChI=1S/C19H23NO2S/c1-13(2)18-9-4-6-14(3)19(18)15-7-5-8-16(12-15)20-23(21,22)17-10-11-17/h4-9,12-13,17,20H,10-11H2,1-3H3. The van der Waals surface area contributed by atoms with Crippen molar-refractivity contribution in [3.8, 4) is 11.1 Å². The lowest BCUT2D eigenvalue weighted by Gasteiger charge is -2.17. The van der Waals surface area contributed by atoms with Gasteiger partial charge in [0.05, 0.1) is 5.25 Å². The third kappa shape index (κ3) is 3.42. The highest BCUT2D eigenvalue weighted by atomic mass is 32.2. The van der Waals surface area contributed by atoms with Crippen LogP contribution in [0.15, 0.2) is 42.5 Å². The fraction of sp³-hybridized carbons (Fsp3) is 0.368. The van der Waals surface area contributed by atoms with Crippen molar-refractivity contribution < 1.29 is 8.42 Å². The minimum atomic E-state index is -3.23. The summed E-state index contributed by atoms with van der Waals surface area (Å²) in [5, 5.41) is -0.212. The summed E-state index contributed by atoms with van der Waals surface area (Å²) < 4.78 is 27.0. The zero-order valence-corrected chi connectivity index (χ0v) is 14.7. The second-order valence-electron chi connectivity index (χ2n) is 6.62. The van der Waals surface area contributed by atoms with Gasteiger partial charge in [0.25, 0.3) is 0 Å². The van der Waals surface area contributed by atoms with Gasteiger partial charge in [-0.05, 0) is 60.1 Å². The molecule has 0 bridgehead atoms. The molecule has 1 aliphatic carbocycles. The number of benzene rings is 2. The van der Waals surface area contributed by atoms with E-state index in [0.717, 1.165) is 18.4 Å². The van der Waals surface area contributed by atoms with Crippen molar-refractivity contribution in [1.29, 1.82) is 0 Å². The van der Waals surface area contributed by atoms with Crippen molar-refractivity contribution in [3.05, 3.63) is 53.6 Å². The molecule has 1 saturated carbocycles. The third-order valence-corrected chi connectivity index (χ3v) is 6.17. The first kappa shape index (κ1) is 16.1. The van der Waals surface area contributed by atoms with Gasteiger partial charge in [-0.1, -0.05) is 44.2 Å². The largest absolute Gasteiger partial charge is 0.283 e. The molecule has 0 aromatic heterocycles. The molecule has 4 heteroatoms. The van der Waals surface area contributed by atoms with Crippen molar-refractivity contribution >= 4 is 15.7 Å². The van der Waals surface area contributed by atoms with Crippen molar-refractivity contribution in [1.82, 2.24) is 0 Å². The molecule has 0 aliphatic heterocycles. The van der Waals surface area contributed by atoms with Gasteiger partial charge >= 0.3 is 0 Å². The van der Waals surface area contributed by atoms with Crippen molar-refractivity contribution in [2.75, 3.05) is 4.72 Å². The lowest BCUT2D eigenvalue weighted by atomic mass is 9.89. The number of hydrogen-bond acceptors (Lipinski definition) is 2. The lowest BCUT2D eigenvalue weighted by molar-refractivity contribution is 0.600. The maximum Gasteiger partial charge on any atom is 0.235 e. The number of sulfonamides is 1. The Morgan fingerprint density at radius 1 is 1.09 bits per heavy atom. The predicted molar refractivity (Wildman–Crippen MR) is 96.3 cm³/mol. The van der Waals surface area contributed by atoms with Crippen molar-refractivity contribution in [2.45, 2.75) is 44.8 Å². The van der Waals surface area contributed by atoms with Crippen LogP contribution in [0.25, 0.3) is 11.1 Å². The number of anilines is 1. The average molecular weight is 329 g/mol. The van der Waals surface area contributed by atoms with Gasteiger partial charge < -0.3 is 0 Å². The van der Waals surface area contributed by atoms with E-state index in [4.69, 9.17) is 0 Å².